The van der Waals surface area contributed by atoms with Gasteiger partial charge in [0, 0.05) is 58.8 Å². The lowest BCUT2D eigenvalue weighted by Gasteiger charge is -2.28. The third kappa shape index (κ3) is 44.8. The van der Waals surface area contributed by atoms with Crippen molar-refractivity contribution in [2.75, 3.05) is 52.4 Å². The lowest BCUT2D eigenvalue weighted by atomic mass is 10.0. The molecule has 0 fully saturated rings. The summed E-state index contributed by atoms with van der Waals surface area (Å²) in [6, 6.07) is -14.6. The molecule has 47 N–H and O–H groups in total. The van der Waals surface area contributed by atoms with E-state index in [1.54, 1.807) is 0 Å². The predicted molar refractivity (Wildman–Crippen MR) is 388 cm³/mol. The van der Waals surface area contributed by atoms with Crippen LogP contribution in [0.1, 0.15) is 122 Å². The second-order valence-corrected chi connectivity index (χ2v) is 23.3. The van der Waals surface area contributed by atoms with E-state index in [4.69, 9.17) is 109 Å². The highest BCUT2D eigenvalue weighted by Gasteiger charge is 2.36. The lowest BCUT2D eigenvalue weighted by Crippen LogP contribution is -2.60. The van der Waals surface area contributed by atoms with Gasteiger partial charge < -0.3 is 157 Å². The topological polar surface area (TPSA) is 889 Å². The maximum absolute atomic E-state index is 14.8. The Kier molecular flexibility index (Phi) is 45.6. The second kappa shape index (κ2) is 51.4. The largest absolute Gasteiger partial charge is 0.370 e. The van der Waals surface area contributed by atoms with E-state index in [0.29, 0.717) is 0 Å². The molecule has 0 bridgehead atoms. The number of aliphatic imine (C=N–C) groups is 8. The number of hydrogen-bond donors (Lipinski definition) is 28. The number of carbonyl (C=O) groups excluding carboxylic acids is 11. The molecule has 0 radical (unpaired) electrons. The number of guanidine groups is 8. The molecule has 0 saturated carbocycles. The third-order valence-electron chi connectivity index (χ3n) is 14.4. The van der Waals surface area contributed by atoms with Crippen molar-refractivity contribution in [1.29, 1.82) is 0 Å². The Morgan fingerprint density at radius 1 is 0.233 bits per heavy atom. The molecule has 0 aromatic rings. The number of rotatable bonds is 54. The van der Waals surface area contributed by atoms with Crippen molar-refractivity contribution in [2.24, 2.45) is 149 Å². The van der Waals surface area contributed by atoms with Crippen LogP contribution < -0.4 is 157 Å². The molecule has 47 heteroatoms. The first-order valence-electron chi connectivity index (χ1n) is 32.9. The molecule has 0 aliphatic heterocycles. The van der Waals surface area contributed by atoms with E-state index in [1.165, 1.54) is 6.92 Å². The standard InChI is InChI=1S/C56H112N36O11/c1-28(57)40(95)85-30(11-3-21-77-50(62)63)42(97)87-32(13-5-23-79-52(66)67)43(98)88-33(14-6-24-80-53(68)69)44(99)89-34(15-7-25-81-54(70)71)45(100)90-36(17-9-27-83-56(74)75)47(102)92-37(18-19-38(58)93)48(103)91-35(16-8-26-82-55(72)73)46(101)86-31(12-4-22-78-51(64)65)41(96)84-29(39(59)94)10-2-20-76-49(60)61/h28-37H,2-27,57H2,1H3,(H2,58,93)(H2,59,94)(H,84,96)(H,85,95)(H,86,101)(H,87,97)(H,88,98)(H,89,99)(H,90,100)(H,91,103)(H,92,102)(H4,60,61,76)(H4,62,63,77)(H4,64,65,78)(H4,66,67,79)(H4,68,69,80)(H4,70,71,81)(H4,72,73,82)(H4,74,75,83)/t28-,29-,30-,31-,32-,33-,34-,35-,36-,37-/m0/s1. The van der Waals surface area contributed by atoms with Gasteiger partial charge in [0.2, 0.25) is 65.0 Å². The lowest BCUT2D eigenvalue weighted by molar-refractivity contribution is -0.136. The molecule has 0 spiro atoms. The number of nitrogens with one attached hydrogen (secondary N) is 9. The molecule has 0 rings (SSSR count). The van der Waals surface area contributed by atoms with Crippen LogP contribution in [0.2, 0.25) is 0 Å². The van der Waals surface area contributed by atoms with Crippen molar-refractivity contribution in [3.8, 4) is 0 Å². The Hall–Kier alpha value is -11.7. The third-order valence-corrected chi connectivity index (χ3v) is 14.4. The molecule has 0 aromatic carbocycles. The second-order valence-electron chi connectivity index (χ2n) is 23.3. The molecule has 0 aromatic heterocycles. The molecule has 0 heterocycles. The molecular weight excluding hydrogens is 1350 g/mol. The maximum Gasteiger partial charge on any atom is 0.243 e. The van der Waals surface area contributed by atoms with Crippen LogP contribution in [-0.2, 0) is 52.7 Å². The first kappa shape index (κ1) is 91.3. The number of primary amides is 2. The molecule has 0 saturated heterocycles. The average molecular weight is 1470 g/mol. The van der Waals surface area contributed by atoms with Crippen molar-refractivity contribution in [2.45, 2.75) is 183 Å². The van der Waals surface area contributed by atoms with Crippen LogP contribution in [0, 0.1) is 0 Å². The van der Waals surface area contributed by atoms with Crippen LogP contribution in [0.25, 0.3) is 0 Å². The minimum atomic E-state index is -1.73. The van der Waals surface area contributed by atoms with Gasteiger partial charge in [-0.15, -0.1) is 0 Å². The Balaban J connectivity index is 7.81. The van der Waals surface area contributed by atoms with Gasteiger partial charge in [0.05, 0.1) is 6.04 Å². The molecule has 10 atom stereocenters. The van der Waals surface area contributed by atoms with Gasteiger partial charge >= 0.3 is 0 Å². The van der Waals surface area contributed by atoms with Crippen LogP contribution in [0.15, 0.2) is 39.9 Å². The highest BCUT2D eigenvalue weighted by Crippen LogP contribution is 2.12. The van der Waals surface area contributed by atoms with Crippen LogP contribution in [0.4, 0.5) is 0 Å². The monoisotopic (exact) mass is 1460 g/mol. The number of amides is 11. The predicted octanol–water partition coefficient (Wildman–Crippen LogP) is -14.1. The Morgan fingerprint density at radius 2 is 0.379 bits per heavy atom. The molecule has 103 heavy (non-hydrogen) atoms. The molecule has 0 aliphatic carbocycles. The van der Waals surface area contributed by atoms with Crippen molar-refractivity contribution >= 4 is 113 Å². The van der Waals surface area contributed by atoms with Crippen molar-refractivity contribution in [3.05, 3.63) is 0 Å². The van der Waals surface area contributed by atoms with Crippen molar-refractivity contribution in [1.82, 2.24) is 47.9 Å². The quantitative estimate of drug-likeness (QED) is 0.0153. The van der Waals surface area contributed by atoms with Gasteiger partial charge in [-0.05, 0) is 116 Å². The summed E-state index contributed by atoms with van der Waals surface area (Å²) in [6.07, 6.45) is -1.88. The van der Waals surface area contributed by atoms with Gasteiger partial charge in [0.15, 0.2) is 47.7 Å². The normalized spacial score (nSPS) is 13.5. The first-order chi connectivity index (χ1) is 48.4. The highest BCUT2D eigenvalue weighted by molar-refractivity contribution is 5.99. The minimum Gasteiger partial charge on any atom is -0.370 e. The molecule has 47 nitrogen and oxygen atoms in total. The summed E-state index contributed by atoms with van der Waals surface area (Å²) < 4.78 is 0. The van der Waals surface area contributed by atoms with E-state index in [9.17, 15) is 52.7 Å². The summed E-state index contributed by atoms with van der Waals surface area (Å²) in [5, 5.41) is 23.2. The fourth-order valence-electron chi connectivity index (χ4n) is 9.23. The molecule has 0 unspecified atom stereocenters. The van der Waals surface area contributed by atoms with Crippen molar-refractivity contribution < 1.29 is 52.7 Å². The van der Waals surface area contributed by atoms with Crippen LogP contribution in [0.3, 0.4) is 0 Å². The van der Waals surface area contributed by atoms with Crippen molar-refractivity contribution in [3.63, 3.8) is 0 Å². The Morgan fingerprint density at radius 3 is 0.524 bits per heavy atom. The maximum atomic E-state index is 14.8. The smallest absolute Gasteiger partial charge is 0.243 e. The zero-order chi connectivity index (χ0) is 78.1. The van der Waals surface area contributed by atoms with Gasteiger partial charge in [0.25, 0.3) is 0 Å². The van der Waals surface area contributed by atoms with Gasteiger partial charge in [-0.2, -0.15) is 0 Å². The van der Waals surface area contributed by atoms with Gasteiger partial charge in [-0.3, -0.25) is 92.7 Å². The Bertz CT molecular complexity index is 2980. The van der Waals surface area contributed by atoms with E-state index in [0.717, 1.165) is 0 Å². The fourth-order valence-corrected chi connectivity index (χ4v) is 9.23. The summed E-state index contributed by atoms with van der Waals surface area (Å²) in [6.45, 7) is 1.12. The van der Waals surface area contributed by atoms with Gasteiger partial charge in [-0.1, -0.05) is 0 Å². The summed E-state index contributed by atoms with van der Waals surface area (Å²) in [5.41, 5.74) is 105. The summed E-state index contributed by atoms with van der Waals surface area (Å²) in [5.74, 6) is -12.7. The van der Waals surface area contributed by atoms with Gasteiger partial charge in [0.1, 0.15) is 54.4 Å². The first-order valence-corrected chi connectivity index (χ1v) is 32.9. The summed E-state index contributed by atoms with van der Waals surface area (Å²) in [7, 11) is 0. The highest BCUT2D eigenvalue weighted by atomic mass is 16.2. The number of nitrogens with zero attached hydrogens (tertiary/aromatic N) is 8. The minimum absolute atomic E-state index is 0.00914. The molecule has 582 valence electrons. The molecular formula is C56H112N36O11. The molecule has 0 aliphatic rings. The number of hydrogen-bond acceptors (Lipinski definition) is 20. The zero-order valence-electron chi connectivity index (χ0n) is 58.2. The van der Waals surface area contributed by atoms with E-state index < -0.39 is 138 Å². The summed E-state index contributed by atoms with van der Waals surface area (Å²) in [4.78, 5) is 185. The average Bonchev–Trinajstić information content (AvgIpc) is 0.864. The zero-order valence-corrected chi connectivity index (χ0v) is 58.2. The van der Waals surface area contributed by atoms with Crippen LogP contribution >= 0.6 is 0 Å². The van der Waals surface area contributed by atoms with Crippen LogP contribution in [-0.4, -0.2) is 225 Å². The van der Waals surface area contributed by atoms with E-state index in [2.05, 4.69) is 87.8 Å². The van der Waals surface area contributed by atoms with E-state index in [-0.39, 0.29) is 203 Å². The SMILES string of the molecule is C[C@H](N)C(=O)N[C@@H](CCCN=C(N)N)C(=O)N[C@@H](CCCN=C(N)N)C(=O)N[C@@H](CCCN=C(N)N)C(=O)N[C@@H](CCCN=C(N)N)C(=O)N[C@@H](CCCN=C(N)N)C(=O)N[C@@H](CCC(N)=O)C(=O)N[C@@H](CCCN=C(N)N)C(=O)N[C@@H](CCCN=C(N)N)C(=O)N[C@@H](CCCN=C(N)N)C(N)=O. The van der Waals surface area contributed by atoms with Gasteiger partial charge in [-0.25, -0.2) is 0 Å². The molecule has 11 amide bonds. The summed E-state index contributed by atoms with van der Waals surface area (Å²) >= 11 is 0. The number of nitrogens with two attached hydrogens (primary N) is 19. The van der Waals surface area contributed by atoms with E-state index >= 15 is 0 Å². The van der Waals surface area contributed by atoms with Crippen LogP contribution in [0.5, 0.6) is 0 Å². The van der Waals surface area contributed by atoms with E-state index in [1.807, 2.05) is 0 Å². The fraction of sp³-hybridized carbons (Fsp3) is 0.661. The Labute approximate surface area is 595 Å². The number of carbonyl (C=O) groups is 11.